The predicted molar refractivity (Wildman–Crippen MR) is 153 cm³/mol. The molecule has 1 saturated heterocycles. The van der Waals surface area contributed by atoms with Gasteiger partial charge in [-0.05, 0) is 12.0 Å². The summed E-state index contributed by atoms with van der Waals surface area (Å²) in [5.41, 5.74) is -1.07. The number of nitrogens with zero attached hydrogens (tertiary/aromatic N) is 1. The number of amides is 1. The number of nitrogens with one attached hydrogen (secondary N) is 3. The Morgan fingerprint density at radius 1 is 1.20 bits per heavy atom. The van der Waals surface area contributed by atoms with E-state index >= 15 is 0 Å². The molecular weight excluding hydrogens is 575 g/mol. The lowest BCUT2D eigenvalue weighted by atomic mass is 9.96. The number of alkyl carbamates (subject to hydrolysis) is 1. The summed E-state index contributed by atoms with van der Waals surface area (Å²) in [5, 5.41) is 5.21. The van der Waals surface area contributed by atoms with Gasteiger partial charge in [-0.15, -0.1) is 0 Å². The SMILES string of the molecule is COC(=O)NCC(C)(C)C(=O)SCCOP(=O)(NCc1ccccc1)OCC1CC(C)C(n2ccc(=O)[nH]c2=O)O1. The van der Waals surface area contributed by atoms with Crippen molar-refractivity contribution in [2.45, 2.75) is 46.1 Å². The maximum absolute atomic E-state index is 13.7. The van der Waals surface area contributed by atoms with Gasteiger partial charge in [-0.2, -0.15) is 0 Å². The van der Waals surface area contributed by atoms with E-state index in [1.807, 2.05) is 37.3 Å². The van der Waals surface area contributed by atoms with E-state index in [1.54, 1.807) is 13.8 Å². The minimum Gasteiger partial charge on any atom is -0.453 e. The van der Waals surface area contributed by atoms with Crippen molar-refractivity contribution in [2.24, 2.45) is 11.3 Å². The van der Waals surface area contributed by atoms with E-state index in [0.29, 0.717) is 6.42 Å². The van der Waals surface area contributed by atoms with Crippen LogP contribution in [0.25, 0.3) is 0 Å². The molecule has 0 aliphatic carbocycles. The highest BCUT2D eigenvalue weighted by Gasteiger charge is 2.36. The Kier molecular flexibility index (Phi) is 11.9. The lowest BCUT2D eigenvalue weighted by molar-refractivity contribution is -0.117. The highest BCUT2D eigenvalue weighted by atomic mass is 32.2. The van der Waals surface area contributed by atoms with Gasteiger partial charge in [0.15, 0.2) is 5.12 Å². The normalized spacial score (nSPS) is 20.3. The molecular formula is C26H37N4O9PS. The second-order valence-corrected chi connectivity index (χ2v) is 13.1. The van der Waals surface area contributed by atoms with Gasteiger partial charge in [0.25, 0.3) is 5.56 Å². The number of hydrogen-bond acceptors (Lipinski definition) is 10. The molecule has 1 aliphatic rings. The van der Waals surface area contributed by atoms with Gasteiger partial charge in [0, 0.05) is 37.0 Å². The lowest BCUT2D eigenvalue weighted by Crippen LogP contribution is -2.38. The van der Waals surface area contributed by atoms with Gasteiger partial charge in [-0.25, -0.2) is 19.2 Å². The van der Waals surface area contributed by atoms with Crippen LogP contribution in [0.5, 0.6) is 0 Å². The second-order valence-electron chi connectivity index (χ2n) is 10.2. The molecule has 0 spiro atoms. The van der Waals surface area contributed by atoms with Gasteiger partial charge in [-0.1, -0.05) is 62.9 Å². The van der Waals surface area contributed by atoms with E-state index < -0.39 is 42.8 Å². The molecule has 0 saturated carbocycles. The number of rotatable bonds is 14. The number of carbonyl (C=O) groups excluding carboxylic acids is 2. The van der Waals surface area contributed by atoms with E-state index in [4.69, 9.17) is 13.8 Å². The first-order chi connectivity index (χ1) is 19.4. The van der Waals surface area contributed by atoms with Gasteiger partial charge in [0.1, 0.15) is 6.23 Å². The molecule has 1 aromatic heterocycles. The van der Waals surface area contributed by atoms with Crippen LogP contribution in [-0.2, 0) is 34.4 Å². The smallest absolute Gasteiger partial charge is 0.406 e. The van der Waals surface area contributed by atoms with E-state index in [1.165, 1.54) is 23.9 Å². The molecule has 3 rings (SSSR count). The summed E-state index contributed by atoms with van der Waals surface area (Å²) in [6, 6.07) is 10.6. The van der Waals surface area contributed by atoms with Crippen molar-refractivity contribution in [1.29, 1.82) is 0 Å². The summed E-state index contributed by atoms with van der Waals surface area (Å²) in [7, 11) is -2.60. The number of methoxy groups -OCH3 is 1. The van der Waals surface area contributed by atoms with Crippen molar-refractivity contribution in [3.05, 3.63) is 69.0 Å². The average Bonchev–Trinajstić information content (AvgIpc) is 3.32. The number of thioether (sulfide) groups is 1. The fourth-order valence-corrected chi connectivity index (χ4v) is 6.28. The summed E-state index contributed by atoms with van der Waals surface area (Å²) < 4.78 is 37.0. The predicted octanol–water partition coefficient (Wildman–Crippen LogP) is 3.03. The van der Waals surface area contributed by atoms with Gasteiger partial charge in [0.05, 0.1) is 31.8 Å². The zero-order chi connectivity index (χ0) is 30.0. The zero-order valence-electron chi connectivity index (χ0n) is 23.5. The summed E-state index contributed by atoms with van der Waals surface area (Å²) in [6.07, 6.45) is 0.175. The summed E-state index contributed by atoms with van der Waals surface area (Å²) >= 11 is 0.999. The van der Waals surface area contributed by atoms with Gasteiger partial charge in [0.2, 0.25) is 0 Å². The Labute approximate surface area is 242 Å². The number of H-pyrrole nitrogens is 1. The van der Waals surface area contributed by atoms with Crippen molar-refractivity contribution in [3.8, 4) is 0 Å². The monoisotopic (exact) mass is 612 g/mol. The van der Waals surface area contributed by atoms with Crippen LogP contribution in [0, 0.1) is 11.3 Å². The third kappa shape index (κ3) is 9.94. The Morgan fingerprint density at radius 2 is 1.93 bits per heavy atom. The Balaban J connectivity index is 1.57. The highest BCUT2D eigenvalue weighted by molar-refractivity contribution is 8.13. The van der Waals surface area contributed by atoms with Crippen molar-refractivity contribution in [3.63, 3.8) is 0 Å². The molecule has 226 valence electrons. The largest absolute Gasteiger partial charge is 0.453 e. The third-order valence-corrected chi connectivity index (χ3v) is 9.06. The number of hydrogen-bond donors (Lipinski definition) is 3. The number of aromatic amines is 1. The van der Waals surface area contributed by atoms with Crippen LogP contribution in [0.15, 0.2) is 52.2 Å². The van der Waals surface area contributed by atoms with Crippen molar-refractivity contribution < 1.29 is 32.7 Å². The van der Waals surface area contributed by atoms with Gasteiger partial charge in [-0.3, -0.25) is 28.2 Å². The molecule has 0 bridgehead atoms. The number of benzene rings is 1. The standard InChI is InChI=1S/C26H37N4O9PS/c1-18-14-20(39-22(18)30-11-10-21(31)29-24(30)33)16-38-40(35,28-15-19-8-6-5-7-9-19)37-12-13-41-23(32)26(2,3)17-27-25(34)36-4/h5-11,18,20,22H,12-17H2,1-4H3,(H,27,34)(H,28,35)(H,29,31,33). The molecule has 0 radical (unpaired) electrons. The quantitative estimate of drug-likeness (QED) is 0.212. The van der Waals surface area contributed by atoms with Crippen LogP contribution >= 0.6 is 19.5 Å². The van der Waals surface area contributed by atoms with Crippen molar-refractivity contribution >= 4 is 30.7 Å². The molecule has 1 aromatic carbocycles. The molecule has 3 N–H and O–H groups in total. The van der Waals surface area contributed by atoms with Crippen molar-refractivity contribution in [1.82, 2.24) is 20.0 Å². The molecule has 2 heterocycles. The molecule has 4 unspecified atom stereocenters. The summed E-state index contributed by atoms with van der Waals surface area (Å²) in [6.45, 7) is 5.50. The highest BCUT2D eigenvalue weighted by Crippen LogP contribution is 2.45. The fraction of sp³-hybridized carbons (Fsp3) is 0.538. The molecule has 1 aliphatic heterocycles. The molecule has 41 heavy (non-hydrogen) atoms. The van der Waals surface area contributed by atoms with E-state index in [-0.39, 0.29) is 43.1 Å². The summed E-state index contributed by atoms with van der Waals surface area (Å²) in [5.74, 6) is 0.124. The van der Waals surface area contributed by atoms with Crippen molar-refractivity contribution in [2.75, 3.05) is 32.6 Å². The third-order valence-electron chi connectivity index (χ3n) is 6.32. The minimum absolute atomic E-state index is 0.0483. The molecule has 15 heteroatoms. The van der Waals surface area contributed by atoms with Gasteiger partial charge < -0.3 is 14.8 Å². The maximum atomic E-state index is 13.7. The Morgan fingerprint density at radius 3 is 2.61 bits per heavy atom. The minimum atomic E-state index is -3.84. The first-order valence-electron chi connectivity index (χ1n) is 13.1. The fourth-order valence-electron chi connectivity index (χ4n) is 4.01. The topological polar surface area (TPSA) is 167 Å². The molecule has 13 nitrogen and oxygen atoms in total. The van der Waals surface area contributed by atoms with Crippen LogP contribution in [0.4, 0.5) is 4.79 Å². The van der Waals surface area contributed by atoms with Crippen LogP contribution in [-0.4, -0.2) is 59.5 Å². The summed E-state index contributed by atoms with van der Waals surface area (Å²) in [4.78, 5) is 49.9. The Bertz CT molecular complexity index is 1330. The van der Waals surface area contributed by atoms with E-state index in [0.717, 1.165) is 17.3 Å². The van der Waals surface area contributed by atoms with Crippen LogP contribution in [0.2, 0.25) is 0 Å². The first-order valence-corrected chi connectivity index (χ1v) is 15.6. The number of ether oxygens (including phenoxy) is 2. The molecule has 4 atom stereocenters. The first kappa shape index (κ1) is 32.8. The molecule has 2 aromatic rings. The van der Waals surface area contributed by atoms with E-state index in [9.17, 15) is 23.7 Å². The van der Waals surface area contributed by atoms with Crippen LogP contribution in [0.3, 0.4) is 0 Å². The zero-order valence-corrected chi connectivity index (χ0v) is 25.2. The lowest BCUT2D eigenvalue weighted by Gasteiger charge is -2.23. The molecule has 1 amide bonds. The average molecular weight is 613 g/mol. The second kappa shape index (κ2) is 14.9. The Hall–Kier alpha value is -2.74. The van der Waals surface area contributed by atoms with Crippen LogP contribution in [0.1, 0.15) is 39.0 Å². The van der Waals surface area contributed by atoms with Gasteiger partial charge >= 0.3 is 19.5 Å². The number of carbonyl (C=O) groups is 2. The number of aromatic nitrogens is 2. The van der Waals surface area contributed by atoms with Crippen LogP contribution < -0.4 is 21.7 Å². The maximum Gasteiger partial charge on any atom is 0.406 e. The molecule has 1 fully saturated rings. The van der Waals surface area contributed by atoms with E-state index in [2.05, 4.69) is 20.1 Å².